The highest BCUT2D eigenvalue weighted by Crippen LogP contribution is 2.34. The minimum Gasteiger partial charge on any atom is -0.318 e. The van der Waals surface area contributed by atoms with Gasteiger partial charge in [0.2, 0.25) is 0 Å². The van der Waals surface area contributed by atoms with Crippen molar-refractivity contribution < 1.29 is 0 Å². The van der Waals surface area contributed by atoms with Crippen molar-refractivity contribution in [2.75, 3.05) is 6.26 Å². The van der Waals surface area contributed by atoms with E-state index >= 15 is 0 Å². The Morgan fingerprint density at radius 2 is 2.22 bits per heavy atom. The van der Waals surface area contributed by atoms with E-state index < -0.39 is 0 Å². The normalized spacial score (nSPS) is 16.2. The van der Waals surface area contributed by atoms with E-state index in [-0.39, 0.29) is 0 Å². The quantitative estimate of drug-likeness (QED) is 0.725. The largest absolute Gasteiger partial charge is 0.318 e. The van der Waals surface area contributed by atoms with E-state index in [0.29, 0.717) is 5.92 Å². The van der Waals surface area contributed by atoms with Crippen molar-refractivity contribution in [3.05, 3.63) is 16.4 Å². The van der Waals surface area contributed by atoms with Crippen molar-refractivity contribution in [3.8, 4) is 0 Å². The van der Waals surface area contributed by atoms with Crippen molar-refractivity contribution in [2.45, 2.75) is 51.2 Å². The second kappa shape index (κ2) is 6.29. The summed E-state index contributed by atoms with van der Waals surface area (Å²) >= 11 is 5.38. The molecule has 0 aromatic carbocycles. The molecule has 0 amide bonds. The van der Waals surface area contributed by atoms with Crippen LogP contribution in [0.4, 0.5) is 0 Å². The second-order valence-corrected chi connectivity index (χ2v) is 6.74. The van der Waals surface area contributed by atoms with E-state index in [2.05, 4.69) is 51.7 Å². The van der Waals surface area contributed by atoms with Gasteiger partial charge >= 0.3 is 0 Å². The first-order valence-electron chi connectivity index (χ1n) is 6.63. The zero-order valence-electron chi connectivity index (χ0n) is 11.4. The van der Waals surface area contributed by atoms with Crippen LogP contribution in [0.5, 0.6) is 0 Å². The Morgan fingerprint density at radius 1 is 1.44 bits per heavy atom. The van der Waals surface area contributed by atoms with Crippen LogP contribution in [-0.4, -0.2) is 15.8 Å². The lowest BCUT2D eigenvalue weighted by molar-refractivity contribution is 0.490. The molecule has 0 radical (unpaired) electrons. The van der Waals surface area contributed by atoms with Crippen LogP contribution in [-0.2, 0) is 6.54 Å². The van der Waals surface area contributed by atoms with Crippen LogP contribution in [0.3, 0.4) is 0 Å². The van der Waals surface area contributed by atoms with Crippen molar-refractivity contribution in [1.29, 1.82) is 0 Å². The van der Waals surface area contributed by atoms with Gasteiger partial charge < -0.3 is 4.57 Å². The first kappa shape index (κ1) is 14.2. The topological polar surface area (TPSA) is 17.8 Å². The van der Waals surface area contributed by atoms with Crippen molar-refractivity contribution in [1.82, 2.24) is 9.55 Å². The summed E-state index contributed by atoms with van der Waals surface area (Å²) in [6, 6.07) is 0. The van der Waals surface area contributed by atoms with Gasteiger partial charge in [-0.3, -0.25) is 0 Å². The Balaban J connectivity index is 2.43. The van der Waals surface area contributed by atoms with Crippen LogP contribution in [0.1, 0.15) is 45.2 Å². The molecule has 1 aliphatic carbocycles. The van der Waals surface area contributed by atoms with Gasteiger partial charge in [0, 0.05) is 6.54 Å². The van der Waals surface area contributed by atoms with Crippen LogP contribution in [0, 0.1) is 5.92 Å². The van der Waals surface area contributed by atoms with E-state index in [1.54, 1.807) is 11.8 Å². The molecule has 1 aliphatic rings. The van der Waals surface area contributed by atoms with Crippen LogP contribution < -0.4 is 0 Å². The second-order valence-electron chi connectivity index (χ2n) is 5.22. The molecule has 0 aliphatic heterocycles. The Kier molecular flexibility index (Phi) is 4.96. The molecule has 0 atom stereocenters. The van der Waals surface area contributed by atoms with Gasteiger partial charge in [0.1, 0.15) is 4.60 Å². The molecule has 2 rings (SSSR count). The fraction of sp³-hybridized carbons (Fsp3) is 0.643. The maximum Gasteiger partial charge on any atom is 0.169 e. The standard InChI is InChI=1S/C14H21BrN2S/c1-10(2)9-17-12(11-7-5-4-6-8-11)13(15)16-14(17)18-3/h7,10H,4-6,8-9H2,1-3H3. The molecule has 0 fully saturated rings. The van der Waals surface area contributed by atoms with Gasteiger partial charge in [-0.25, -0.2) is 4.98 Å². The van der Waals surface area contributed by atoms with Gasteiger partial charge in [-0.05, 0) is 59.4 Å². The predicted octanol–water partition coefficient (Wildman–Crippen LogP) is 4.98. The molecule has 0 bridgehead atoms. The third-order valence-electron chi connectivity index (χ3n) is 3.22. The van der Waals surface area contributed by atoms with E-state index in [4.69, 9.17) is 0 Å². The summed E-state index contributed by atoms with van der Waals surface area (Å²) < 4.78 is 3.40. The molecule has 100 valence electrons. The summed E-state index contributed by atoms with van der Waals surface area (Å²) in [7, 11) is 0. The highest BCUT2D eigenvalue weighted by molar-refractivity contribution is 9.10. The van der Waals surface area contributed by atoms with Crippen molar-refractivity contribution >= 4 is 33.3 Å². The first-order valence-corrected chi connectivity index (χ1v) is 8.64. The average molecular weight is 329 g/mol. The van der Waals surface area contributed by atoms with Crippen LogP contribution >= 0.6 is 27.7 Å². The predicted molar refractivity (Wildman–Crippen MR) is 83.0 cm³/mol. The summed E-state index contributed by atoms with van der Waals surface area (Å²) in [5.74, 6) is 0.639. The molecule has 0 saturated carbocycles. The number of rotatable bonds is 4. The average Bonchev–Trinajstić information content (AvgIpc) is 2.66. The zero-order chi connectivity index (χ0) is 13.1. The molecule has 0 saturated heterocycles. The number of halogens is 1. The number of thioether (sulfide) groups is 1. The number of aromatic nitrogens is 2. The van der Waals surface area contributed by atoms with Crippen molar-refractivity contribution in [2.24, 2.45) is 5.92 Å². The monoisotopic (exact) mass is 328 g/mol. The molecule has 0 N–H and O–H groups in total. The van der Waals surface area contributed by atoms with Gasteiger partial charge in [-0.1, -0.05) is 31.7 Å². The molecule has 18 heavy (non-hydrogen) atoms. The van der Waals surface area contributed by atoms with E-state index in [1.165, 1.54) is 37.0 Å². The third kappa shape index (κ3) is 3.02. The molecule has 1 aromatic rings. The maximum atomic E-state index is 4.66. The summed E-state index contributed by atoms with van der Waals surface area (Å²) in [5.41, 5.74) is 2.79. The number of imidazole rings is 1. The van der Waals surface area contributed by atoms with Gasteiger partial charge in [0.25, 0.3) is 0 Å². The SMILES string of the molecule is CSc1nc(Br)c(C2=CCCCC2)n1CC(C)C. The fourth-order valence-corrected chi connectivity index (χ4v) is 3.78. The molecular weight excluding hydrogens is 308 g/mol. The molecule has 4 heteroatoms. The molecule has 1 heterocycles. The Morgan fingerprint density at radius 3 is 2.78 bits per heavy atom. The summed E-state index contributed by atoms with van der Waals surface area (Å²) in [4.78, 5) is 4.66. The van der Waals surface area contributed by atoms with Crippen LogP contribution in [0.2, 0.25) is 0 Å². The summed E-state index contributed by atoms with van der Waals surface area (Å²) in [6.07, 6.45) is 9.53. The molecule has 2 nitrogen and oxygen atoms in total. The summed E-state index contributed by atoms with van der Waals surface area (Å²) in [5, 5.41) is 1.12. The van der Waals surface area contributed by atoms with Gasteiger partial charge in [-0.15, -0.1) is 0 Å². The van der Waals surface area contributed by atoms with Crippen molar-refractivity contribution in [3.63, 3.8) is 0 Å². The van der Waals surface area contributed by atoms with E-state index in [1.807, 2.05) is 0 Å². The number of allylic oxidation sites excluding steroid dienone is 2. The maximum absolute atomic E-state index is 4.66. The molecule has 1 aromatic heterocycles. The minimum absolute atomic E-state index is 0.639. The minimum atomic E-state index is 0.639. The molecule has 0 unspecified atom stereocenters. The molecule has 0 spiro atoms. The lowest BCUT2D eigenvalue weighted by Gasteiger charge is -2.18. The Labute approximate surface area is 122 Å². The number of hydrogen-bond acceptors (Lipinski definition) is 2. The first-order chi connectivity index (χ1) is 8.63. The number of nitrogens with zero attached hydrogens (tertiary/aromatic N) is 2. The number of hydrogen-bond donors (Lipinski definition) is 0. The van der Waals surface area contributed by atoms with Gasteiger partial charge in [-0.2, -0.15) is 0 Å². The third-order valence-corrected chi connectivity index (χ3v) is 4.45. The van der Waals surface area contributed by atoms with Crippen LogP contribution in [0.25, 0.3) is 5.57 Å². The van der Waals surface area contributed by atoms with Gasteiger partial charge in [0.15, 0.2) is 5.16 Å². The van der Waals surface area contributed by atoms with E-state index in [9.17, 15) is 0 Å². The fourth-order valence-electron chi connectivity index (χ4n) is 2.45. The highest BCUT2D eigenvalue weighted by atomic mass is 79.9. The zero-order valence-corrected chi connectivity index (χ0v) is 13.8. The lowest BCUT2D eigenvalue weighted by Crippen LogP contribution is -2.10. The van der Waals surface area contributed by atoms with Crippen LogP contribution in [0.15, 0.2) is 15.8 Å². The van der Waals surface area contributed by atoms with E-state index in [0.717, 1.165) is 16.3 Å². The lowest BCUT2D eigenvalue weighted by atomic mass is 9.97. The van der Waals surface area contributed by atoms with Gasteiger partial charge in [0.05, 0.1) is 5.69 Å². The highest BCUT2D eigenvalue weighted by Gasteiger charge is 2.20. The Hall–Kier alpha value is -0.220. The summed E-state index contributed by atoms with van der Waals surface area (Å²) in [6.45, 7) is 5.57. The molecular formula is C14H21BrN2S. The smallest absolute Gasteiger partial charge is 0.169 e. The Bertz CT molecular complexity index is 449.